The Hall–Kier alpha value is -1.96. The van der Waals surface area contributed by atoms with Crippen LogP contribution in [0.25, 0.3) is 0 Å². The molecule has 0 aromatic heterocycles. The number of aliphatic hydroxyl groups is 1. The first-order chi connectivity index (χ1) is 11.4. The zero-order chi connectivity index (χ0) is 17.7. The summed E-state index contributed by atoms with van der Waals surface area (Å²) in [6.07, 6.45) is -1.36. The average Bonchev–Trinajstić information content (AvgIpc) is 2.53. The normalized spacial score (nSPS) is 17.5. The third-order valence-electron chi connectivity index (χ3n) is 4.29. The summed E-state index contributed by atoms with van der Waals surface area (Å²) < 4.78 is 0. The van der Waals surface area contributed by atoms with Crippen LogP contribution in [-0.2, 0) is 9.59 Å². The van der Waals surface area contributed by atoms with Gasteiger partial charge in [0, 0.05) is 38.4 Å². The van der Waals surface area contributed by atoms with E-state index < -0.39 is 12.1 Å². The van der Waals surface area contributed by atoms with E-state index in [-0.39, 0.29) is 12.5 Å². The van der Waals surface area contributed by atoms with Gasteiger partial charge in [-0.2, -0.15) is 0 Å². The van der Waals surface area contributed by atoms with Crippen molar-refractivity contribution in [2.75, 3.05) is 44.6 Å². The number of aliphatic hydroxyl groups excluding tert-OH is 1. The molecular weight excluding hydrogens is 310 g/mol. The van der Waals surface area contributed by atoms with Gasteiger partial charge in [0.05, 0.1) is 6.54 Å². The first kappa shape index (κ1) is 18.4. The second kappa shape index (κ2) is 8.23. The molecule has 1 aliphatic heterocycles. The standard InChI is InChI=1S/C17H25N3O4/c1-12-4-3-5-13(2)16(12)18-15(22)11-20-8-6-19(7-9-20)10-14(21)17(23)24/h3-5,14,21H,6-11H2,1-2H3,(H,18,22)(H,23,24). The molecule has 1 unspecified atom stereocenters. The number of carboxylic acid groups (broad SMARTS) is 1. The molecule has 1 atom stereocenters. The number of hydrogen-bond acceptors (Lipinski definition) is 5. The van der Waals surface area contributed by atoms with Crippen LogP contribution in [0.1, 0.15) is 11.1 Å². The molecule has 1 aliphatic rings. The van der Waals surface area contributed by atoms with Crippen LogP contribution < -0.4 is 5.32 Å². The summed E-state index contributed by atoms with van der Waals surface area (Å²) in [6.45, 7) is 6.99. The van der Waals surface area contributed by atoms with Crippen LogP contribution in [0.3, 0.4) is 0 Å². The second-order valence-electron chi connectivity index (χ2n) is 6.25. The summed E-state index contributed by atoms with van der Waals surface area (Å²) in [5, 5.41) is 21.1. The molecule has 1 saturated heterocycles. The number of carbonyl (C=O) groups is 2. The number of carbonyl (C=O) groups excluding carboxylic acids is 1. The van der Waals surface area contributed by atoms with Gasteiger partial charge in [0.15, 0.2) is 6.10 Å². The van der Waals surface area contributed by atoms with E-state index in [4.69, 9.17) is 5.11 Å². The lowest BCUT2D eigenvalue weighted by Gasteiger charge is -2.34. The Morgan fingerprint density at radius 2 is 1.67 bits per heavy atom. The maximum absolute atomic E-state index is 12.2. The van der Waals surface area contributed by atoms with Crippen molar-refractivity contribution >= 4 is 17.6 Å². The van der Waals surface area contributed by atoms with Gasteiger partial charge in [-0.25, -0.2) is 4.79 Å². The van der Waals surface area contributed by atoms with Crippen LogP contribution >= 0.6 is 0 Å². The highest BCUT2D eigenvalue weighted by Crippen LogP contribution is 2.19. The van der Waals surface area contributed by atoms with Crippen LogP contribution in [0, 0.1) is 13.8 Å². The topological polar surface area (TPSA) is 93.1 Å². The third-order valence-corrected chi connectivity index (χ3v) is 4.29. The van der Waals surface area contributed by atoms with E-state index in [0.717, 1.165) is 16.8 Å². The SMILES string of the molecule is Cc1cccc(C)c1NC(=O)CN1CCN(CC(O)C(=O)O)CC1. The lowest BCUT2D eigenvalue weighted by molar-refractivity contribution is -0.147. The molecule has 1 amide bonds. The van der Waals surface area contributed by atoms with Gasteiger partial charge < -0.3 is 15.5 Å². The van der Waals surface area contributed by atoms with Crippen LogP contribution in [0.15, 0.2) is 18.2 Å². The Balaban J connectivity index is 1.79. The predicted molar refractivity (Wildman–Crippen MR) is 91.1 cm³/mol. The summed E-state index contributed by atoms with van der Waals surface area (Å²) in [6, 6.07) is 5.90. The molecule has 0 bridgehead atoms. The monoisotopic (exact) mass is 335 g/mol. The summed E-state index contributed by atoms with van der Waals surface area (Å²) in [7, 11) is 0. The highest BCUT2D eigenvalue weighted by atomic mass is 16.4. The fraction of sp³-hybridized carbons (Fsp3) is 0.529. The summed E-state index contributed by atoms with van der Waals surface area (Å²) in [5.74, 6) is -1.25. The number of piperazine rings is 1. The molecule has 0 radical (unpaired) electrons. The van der Waals surface area contributed by atoms with Gasteiger partial charge in [-0.15, -0.1) is 0 Å². The molecular formula is C17H25N3O4. The molecule has 7 heteroatoms. The van der Waals surface area contributed by atoms with Crippen molar-refractivity contribution in [2.45, 2.75) is 20.0 Å². The molecule has 0 spiro atoms. The van der Waals surface area contributed by atoms with E-state index >= 15 is 0 Å². The third kappa shape index (κ3) is 5.02. The van der Waals surface area contributed by atoms with Crippen LogP contribution in [0.4, 0.5) is 5.69 Å². The summed E-state index contributed by atoms with van der Waals surface area (Å²) in [5.41, 5.74) is 2.94. The Morgan fingerprint density at radius 1 is 1.12 bits per heavy atom. The first-order valence-electron chi connectivity index (χ1n) is 8.08. The quantitative estimate of drug-likeness (QED) is 0.693. The average molecular weight is 335 g/mol. The van der Waals surface area contributed by atoms with Crippen molar-refractivity contribution < 1.29 is 19.8 Å². The van der Waals surface area contributed by atoms with Crippen LogP contribution in [0.2, 0.25) is 0 Å². The van der Waals surface area contributed by atoms with E-state index in [1.54, 1.807) is 0 Å². The highest BCUT2D eigenvalue weighted by molar-refractivity contribution is 5.93. The predicted octanol–water partition coefficient (Wildman–Crippen LogP) is 0.305. The van der Waals surface area contributed by atoms with Crippen LogP contribution in [0.5, 0.6) is 0 Å². The van der Waals surface area contributed by atoms with Crippen molar-refractivity contribution in [2.24, 2.45) is 0 Å². The number of aryl methyl sites for hydroxylation is 2. The Bertz CT molecular complexity index is 577. The fourth-order valence-corrected chi connectivity index (χ4v) is 2.85. The van der Waals surface area contributed by atoms with E-state index in [2.05, 4.69) is 5.32 Å². The van der Waals surface area contributed by atoms with Gasteiger partial charge in [-0.3, -0.25) is 14.6 Å². The van der Waals surface area contributed by atoms with Gasteiger partial charge in [-0.05, 0) is 25.0 Å². The number of para-hydroxylation sites is 1. The number of nitrogens with one attached hydrogen (secondary N) is 1. The summed E-state index contributed by atoms with van der Waals surface area (Å²) in [4.78, 5) is 26.9. The molecule has 3 N–H and O–H groups in total. The van der Waals surface area contributed by atoms with Crippen molar-refractivity contribution in [3.63, 3.8) is 0 Å². The molecule has 1 fully saturated rings. The van der Waals surface area contributed by atoms with Gasteiger partial charge in [0.1, 0.15) is 0 Å². The number of benzene rings is 1. The van der Waals surface area contributed by atoms with Crippen LogP contribution in [-0.4, -0.2) is 77.3 Å². The van der Waals surface area contributed by atoms with Crippen molar-refractivity contribution in [1.29, 1.82) is 0 Å². The number of rotatable bonds is 6. The molecule has 7 nitrogen and oxygen atoms in total. The number of amides is 1. The van der Waals surface area contributed by atoms with E-state index in [1.807, 2.05) is 41.8 Å². The Labute approximate surface area is 141 Å². The lowest BCUT2D eigenvalue weighted by Crippen LogP contribution is -2.51. The minimum atomic E-state index is -1.36. The lowest BCUT2D eigenvalue weighted by atomic mass is 10.1. The number of aliphatic carboxylic acids is 1. The zero-order valence-corrected chi connectivity index (χ0v) is 14.2. The van der Waals surface area contributed by atoms with E-state index in [0.29, 0.717) is 32.7 Å². The highest BCUT2D eigenvalue weighted by Gasteiger charge is 2.23. The Morgan fingerprint density at radius 3 is 2.21 bits per heavy atom. The minimum Gasteiger partial charge on any atom is -0.479 e. The number of nitrogens with zero attached hydrogens (tertiary/aromatic N) is 2. The molecule has 24 heavy (non-hydrogen) atoms. The maximum Gasteiger partial charge on any atom is 0.333 e. The first-order valence-corrected chi connectivity index (χ1v) is 8.08. The Kier molecular flexibility index (Phi) is 6.30. The van der Waals surface area contributed by atoms with Gasteiger partial charge >= 0.3 is 5.97 Å². The molecule has 1 heterocycles. The van der Waals surface area contributed by atoms with Crippen molar-refractivity contribution in [1.82, 2.24) is 9.80 Å². The van der Waals surface area contributed by atoms with E-state index in [9.17, 15) is 14.7 Å². The number of β-amino-alcohol motifs (C(OH)–C–C–N with tert-alkyl or cyclic N) is 1. The van der Waals surface area contributed by atoms with Gasteiger partial charge in [0.2, 0.25) is 5.91 Å². The molecule has 0 saturated carbocycles. The molecule has 0 aliphatic carbocycles. The van der Waals surface area contributed by atoms with Gasteiger partial charge in [-0.1, -0.05) is 18.2 Å². The summed E-state index contributed by atoms with van der Waals surface area (Å²) >= 11 is 0. The number of hydrogen-bond donors (Lipinski definition) is 3. The number of carboxylic acids is 1. The zero-order valence-electron chi connectivity index (χ0n) is 14.2. The molecule has 2 rings (SSSR count). The van der Waals surface area contributed by atoms with E-state index in [1.165, 1.54) is 0 Å². The second-order valence-corrected chi connectivity index (χ2v) is 6.25. The number of anilines is 1. The molecule has 1 aromatic rings. The van der Waals surface area contributed by atoms with Crippen molar-refractivity contribution in [3.8, 4) is 0 Å². The molecule has 132 valence electrons. The smallest absolute Gasteiger partial charge is 0.333 e. The van der Waals surface area contributed by atoms with Gasteiger partial charge in [0.25, 0.3) is 0 Å². The largest absolute Gasteiger partial charge is 0.479 e. The molecule has 1 aromatic carbocycles. The fourth-order valence-electron chi connectivity index (χ4n) is 2.85. The maximum atomic E-state index is 12.2. The minimum absolute atomic E-state index is 0.0496. The van der Waals surface area contributed by atoms with Crippen molar-refractivity contribution in [3.05, 3.63) is 29.3 Å².